The van der Waals surface area contributed by atoms with Gasteiger partial charge in [0.25, 0.3) is 0 Å². The summed E-state index contributed by atoms with van der Waals surface area (Å²) in [4.78, 5) is 48.5. The molecule has 0 radical (unpaired) electrons. The van der Waals surface area contributed by atoms with E-state index in [0.29, 0.717) is 71.6 Å². The average molecular weight is 921 g/mol. The second kappa shape index (κ2) is 21.1. The first kappa shape index (κ1) is 46.6. The molecule has 0 saturated carbocycles. The van der Waals surface area contributed by atoms with Crippen LogP contribution in [0.5, 0.6) is 17.2 Å². The first-order valence-corrected chi connectivity index (χ1v) is 21.1. The van der Waals surface area contributed by atoms with E-state index in [0.717, 1.165) is 22.6 Å². The number of aromatic nitrogens is 4. The molecule has 6 aromatic rings. The molecule has 0 aliphatic carbocycles. The number of alkyl halides is 3. The van der Waals surface area contributed by atoms with Crippen LogP contribution in [0.25, 0.3) is 0 Å². The molecule has 0 bridgehead atoms. The molecule has 2 aromatic heterocycles. The molecule has 66 heavy (non-hydrogen) atoms. The molecule has 0 spiro atoms. The Hall–Kier alpha value is -7.38. The summed E-state index contributed by atoms with van der Waals surface area (Å²) in [5.41, 5.74) is 3.96. The number of carbonyl (C=O) groups is 2. The van der Waals surface area contributed by atoms with Gasteiger partial charge in [-0.15, -0.1) is 13.2 Å². The molecule has 2 amide bonds. The number of benzene rings is 4. The van der Waals surface area contributed by atoms with Crippen molar-refractivity contribution in [3.8, 4) is 29.4 Å². The standard InChI is InChI=1S/C24H22F3N5O3.C23H22ClN5O2/c1-34-21-12-16(5-6-17(21)14-28)11-20(23-29-7-8-30-23)31-9-10-32(22(33)15-31)18-3-2-4-19(13-18)35-24(25,26)27;1-31-21-12-16(5-6-17(21)14-25)11-20(23-26-7-8-27-23)28-9-10-29(22(30)15-28)19-4-2-3-18(24)13-19/h2-8,12-13,20H,9-11,15H2,1H3,(H,29,30);2-8,12-13,20H,9-11,15H2,1H3,(H,26,27). The van der Waals surface area contributed by atoms with Crippen LogP contribution in [-0.4, -0.2) is 101 Å². The predicted molar refractivity (Wildman–Crippen MR) is 238 cm³/mol. The average Bonchev–Trinajstić information content (AvgIpc) is 4.06. The fourth-order valence-corrected chi connectivity index (χ4v) is 8.21. The molecule has 4 heterocycles. The minimum absolute atomic E-state index is 0.0162. The van der Waals surface area contributed by atoms with Crippen LogP contribution in [0.15, 0.2) is 110 Å². The van der Waals surface area contributed by atoms with Crippen LogP contribution >= 0.6 is 11.6 Å². The third kappa shape index (κ3) is 11.5. The largest absolute Gasteiger partial charge is 0.573 e. The van der Waals surface area contributed by atoms with E-state index in [-0.39, 0.29) is 49.3 Å². The van der Waals surface area contributed by atoms with Crippen molar-refractivity contribution in [3.05, 3.63) is 149 Å². The van der Waals surface area contributed by atoms with Gasteiger partial charge in [0.15, 0.2) is 0 Å². The zero-order chi connectivity index (χ0) is 46.8. The molecule has 19 heteroatoms. The summed E-state index contributed by atoms with van der Waals surface area (Å²) >= 11 is 6.10. The van der Waals surface area contributed by atoms with Crippen LogP contribution in [0.3, 0.4) is 0 Å². The molecule has 4 aromatic carbocycles. The number of imidazole rings is 2. The number of piperazine rings is 2. The topological polar surface area (TPSA) is 180 Å². The van der Waals surface area contributed by atoms with Gasteiger partial charge in [-0.25, -0.2) is 9.97 Å². The summed E-state index contributed by atoms with van der Waals surface area (Å²) in [6, 6.07) is 27.4. The number of anilines is 2. The molecule has 15 nitrogen and oxygen atoms in total. The van der Waals surface area contributed by atoms with Crippen LogP contribution in [0.4, 0.5) is 24.5 Å². The van der Waals surface area contributed by atoms with Crippen molar-refractivity contribution in [2.24, 2.45) is 0 Å². The highest BCUT2D eigenvalue weighted by atomic mass is 35.5. The third-order valence-corrected chi connectivity index (χ3v) is 11.4. The normalized spacial score (nSPS) is 15.5. The second-order valence-corrected chi connectivity index (χ2v) is 15.7. The number of ether oxygens (including phenoxy) is 3. The quantitative estimate of drug-likeness (QED) is 0.118. The van der Waals surface area contributed by atoms with Gasteiger partial charge in [-0.3, -0.25) is 19.4 Å². The zero-order valence-electron chi connectivity index (χ0n) is 35.8. The number of H-pyrrole nitrogens is 2. The number of halogens is 4. The number of nitrogens with zero attached hydrogens (tertiary/aromatic N) is 8. The van der Waals surface area contributed by atoms with Crippen molar-refractivity contribution in [3.63, 3.8) is 0 Å². The van der Waals surface area contributed by atoms with Crippen LogP contribution in [0.1, 0.15) is 46.0 Å². The fraction of sp³-hybridized carbons (Fsp3) is 0.277. The number of amides is 2. The van der Waals surface area contributed by atoms with Gasteiger partial charge in [-0.1, -0.05) is 35.9 Å². The Morgan fingerprint density at radius 1 is 0.697 bits per heavy atom. The first-order valence-electron chi connectivity index (χ1n) is 20.7. The number of methoxy groups -OCH3 is 2. The smallest absolute Gasteiger partial charge is 0.495 e. The third-order valence-electron chi connectivity index (χ3n) is 11.2. The van der Waals surface area contributed by atoms with Crippen molar-refractivity contribution >= 4 is 34.8 Å². The van der Waals surface area contributed by atoms with Gasteiger partial charge in [0, 0.05) is 73.4 Å². The predicted octanol–water partition coefficient (Wildman–Crippen LogP) is 7.40. The summed E-state index contributed by atoms with van der Waals surface area (Å²) in [5, 5.41) is 19.1. The van der Waals surface area contributed by atoms with Crippen LogP contribution in [0.2, 0.25) is 5.02 Å². The molecular formula is C47H44ClF3N10O5. The van der Waals surface area contributed by atoms with Crippen molar-refractivity contribution in [2.45, 2.75) is 31.3 Å². The Bertz CT molecular complexity index is 2710. The number of nitrogens with one attached hydrogen (secondary N) is 2. The van der Waals surface area contributed by atoms with Gasteiger partial charge in [0.05, 0.1) is 50.5 Å². The Kier molecular flexibility index (Phi) is 14.9. The lowest BCUT2D eigenvalue weighted by Gasteiger charge is -2.38. The number of rotatable bonds is 13. The molecular weight excluding hydrogens is 877 g/mol. The minimum atomic E-state index is -4.81. The van der Waals surface area contributed by atoms with E-state index < -0.39 is 6.36 Å². The molecule has 2 aliphatic heterocycles. The SMILES string of the molecule is COc1cc(CC(c2ncc[nH]2)N2CCN(c3cccc(Cl)c3)C(=O)C2)ccc1C#N.COc1cc(CC(c2ncc[nH]2)N2CCN(c3cccc(OC(F)(F)F)c3)C(=O)C2)ccc1C#N. The highest BCUT2D eigenvalue weighted by Gasteiger charge is 2.35. The molecule has 2 atom stereocenters. The number of nitriles is 2. The van der Waals surface area contributed by atoms with Crippen molar-refractivity contribution in [1.29, 1.82) is 10.5 Å². The van der Waals surface area contributed by atoms with Crippen LogP contribution in [-0.2, 0) is 22.4 Å². The van der Waals surface area contributed by atoms with Crippen molar-refractivity contribution in [2.75, 3.05) is 63.3 Å². The molecule has 2 aliphatic rings. The molecule has 8 rings (SSSR count). The maximum atomic E-state index is 13.0. The van der Waals surface area contributed by atoms with Crippen LogP contribution in [0, 0.1) is 22.7 Å². The highest BCUT2D eigenvalue weighted by Crippen LogP contribution is 2.32. The van der Waals surface area contributed by atoms with Gasteiger partial charge in [-0.05, 0) is 78.6 Å². The summed E-state index contributed by atoms with van der Waals surface area (Å²) in [6.07, 6.45) is 3.14. The lowest BCUT2D eigenvalue weighted by atomic mass is 10.0. The Labute approximate surface area is 383 Å². The fourth-order valence-electron chi connectivity index (χ4n) is 8.03. The minimum Gasteiger partial charge on any atom is -0.495 e. The summed E-state index contributed by atoms with van der Waals surface area (Å²) < 4.78 is 52.4. The lowest BCUT2D eigenvalue weighted by molar-refractivity contribution is -0.274. The number of carbonyl (C=O) groups excluding carboxylic acids is 2. The Morgan fingerprint density at radius 2 is 1.18 bits per heavy atom. The van der Waals surface area contributed by atoms with Gasteiger partial charge in [-0.2, -0.15) is 10.5 Å². The Morgan fingerprint density at radius 3 is 1.59 bits per heavy atom. The van der Waals surface area contributed by atoms with E-state index in [1.54, 1.807) is 67.1 Å². The van der Waals surface area contributed by atoms with E-state index in [2.05, 4.69) is 41.7 Å². The van der Waals surface area contributed by atoms with Gasteiger partial charge in [0.1, 0.15) is 41.0 Å². The van der Waals surface area contributed by atoms with E-state index >= 15 is 0 Å². The summed E-state index contributed by atoms with van der Waals surface area (Å²) in [5.74, 6) is 1.86. The van der Waals surface area contributed by atoms with Gasteiger partial charge in [0.2, 0.25) is 11.8 Å². The summed E-state index contributed by atoms with van der Waals surface area (Å²) in [6.45, 7) is 2.32. The Balaban J connectivity index is 0.000000198. The lowest BCUT2D eigenvalue weighted by Crippen LogP contribution is -2.52. The van der Waals surface area contributed by atoms with Crippen LogP contribution < -0.4 is 24.0 Å². The number of hydrogen-bond donors (Lipinski definition) is 2. The number of hydrogen-bond acceptors (Lipinski definition) is 11. The van der Waals surface area contributed by atoms with E-state index in [9.17, 15) is 33.3 Å². The molecule has 2 unspecified atom stereocenters. The molecule has 2 fully saturated rings. The molecule has 2 N–H and O–H groups in total. The second-order valence-electron chi connectivity index (χ2n) is 15.2. The van der Waals surface area contributed by atoms with Crippen molar-refractivity contribution < 1.29 is 37.0 Å². The maximum Gasteiger partial charge on any atom is 0.573 e. The van der Waals surface area contributed by atoms with Gasteiger partial charge < -0.3 is 34.0 Å². The highest BCUT2D eigenvalue weighted by molar-refractivity contribution is 6.30. The van der Waals surface area contributed by atoms with E-state index in [1.165, 1.54) is 30.2 Å². The first-order chi connectivity index (χ1) is 31.9. The molecule has 340 valence electrons. The molecule has 2 saturated heterocycles. The van der Waals surface area contributed by atoms with Gasteiger partial charge >= 0.3 is 6.36 Å². The van der Waals surface area contributed by atoms with E-state index in [1.807, 2.05) is 41.3 Å². The van der Waals surface area contributed by atoms with E-state index in [4.69, 9.17) is 21.1 Å². The number of aromatic amines is 2. The summed E-state index contributed by atoms with van der Waals surface area (Å²) in [7, 11) is 3.05. The monoisotopic (exact) mass is 920 g/mol. The van der Waals surface area contributed by atoms with Crippen molar-refractivity contribution in [1.82, 2.24) is 29.7 Å². The zero-order valence-corrected chi connectivity index (χ0v) is 36.6. The maximum absolute atomic E-state index is 13.0.